The van der Waals surface area contributed by atoms with Gasteiger partial charge in [0.1, 0.15) is 0 Å². The van der Waals surface area contributed by atoms with Gasteiger partial charge in [-0.2, -0.15) is 4.31 Å². The number of morpholine rings is 1. The molecule has 29 heavy (non-hydrogen) atoms. The summed E-state index contributed by atoms with van der Waals surface area (Å²) in [5.74, 6) is -0.297. The monoisotopic (exact) mass is 416 g/mol. The normalized spacial score (nSPS) is 16.4. The van der Waals surface area contributed by atoms with Gasteiger partial charge < -0.3 is 10.1 Å². The third-order valence-electron chi connectivity index (χ3n) is 5.42. The van der Waals surface area contributed by atoms with Crippen LogP contribution in [0.25, 0.3) is 0 Å². The molecule has 2 aromatic carbocycles. The zero-order valence-electron chi connectivity index (χ0n) is 17.4. The van der Waals surface area contributed by atoms with Crippen molar-refractivity contribution in [3.8, 4) is 0 Å². The smallest absolute Gasteiger partial charge is 0.251 e. The highest BCUT2D eigenvalue weighted by Gasteiger charge is 2.28. The number of nitrogens with zero attached hydrogens (tertiary/aromatic N) is 1. The fraction of sp³-hybridized carbons (Fsp3) is 0.409. The van der Waals surface area contributed by atoms with E-state index in [4.69, 9.17) is 4.74 Å². The van der Waals surface area contributed by atoms with Crippen LogP contribution in [0.1, 0.15) is 45.6 Å². The van der Waals surface area contributed by atoms with Gasteiger partial charge in [-0.25, -0.2) is 8.42 Å². The highest BCUT2D eigenvalue weighted by atomic mass is 32.2. The number of hydrogen-bond acceptors (Lipinski definition) is 4. The summed E-state index contributed by atoms with van der Waals surface area (Å²) in [5, 5.41) is 2.97. The Balaban J connectivity index is 1.82. The summed E-state index contributed by atoms with van der Waals surface area (Å²) < 4.78 is 32.7. The van der Waals surface area contributed by atoms with E-state index in [0.29, 0.717) is 37.4 Å². The first-order valence-corrected chi connectivity index (χ1v) is 11.2. The van der Waals surface area contributed by atoms with Crippen LogP contribution in [-0.2, 0) is 14.8 Å². The minimum atomic E-state index is -3.67. The molecule has 6 nitrogen and oxygen atoms in total. The Morgan fingerprint density at radius 2 is 1.66 bits per heavy atom. The van der Waals surface area contributed by atoms with Crippen molar-refractivity contribution in [1.29, 1.82) is 0 Å². The van der Waals surface area contributed by atoms with Gasteiger partial charge >= 0.3 is 0 Å². The summed E-state index contributed by atoms with van der Waals surface area (Å²) in [5.41, 5.74) is 4.32. The Hall–Kier alpha value is -2.22. The fourth-order valence-corrected chi connectivity index (χ4v) is 5.00. The fourth-order valence-electron chi connectivity index (χ4n) is 3.34. The van der Waals surface area contributed by atoms with Gasteiger partial charge in [0.2, 0.25) is 10.0 Å². The average Bonchev–Trinajstić information content (AvgIpc) is 2.70. The molecule has 1 N–H and O–H groups in total. The first kappa shape index (κ1) is 21.5. The number of nitrogens with one attached hydrogen (secondary N) is 1. The van der Waals surface area contributed by atoms with Crippen LogP contribution in [0.5, 0.6) is 0 Å². The van der Waals surface area contributed by atoms with E-state index in [0.717, 1.165) is 11.1 Å². The predicted molar refractivity (Wildman–Crippen MR) is 113 cm³/mol. The zero-order valence-corrected chi connectivity index (χ0v) is 18.2. The third kappa shape index (κ3) is 4.69. The van der Waals surface area contributed by atoms with Crippen molar-refractivity contribution in [3.05, 3.63) is 64.2 Å². The lowest BCUT2D eigenvalue weighted by atomic mass is 10.0. The molecule has 0 aromatic heterocycles. The minimum absolute atomic E-state index is 0.172. The van der Waals surface area contributed by atoms with Gasteiger partial charge in [-0.15, -0.1) is 0 Å². The Kier molecular flexibility index (Phi) is 6.41. The molecule has 0 spiro atoms. The zero-order chi connectivity index (χ0) is 21.2. The summed E-state index contributed by atoms with van der Waals surface area (Å²) in [6.07, 6.45) is 0. The standard InChI is InChI=1S/C22H28N2O4S/c1-15-5-7-19(13-17(15)3)18(4)23-22(25)20-8-6-16(2)21(14-20)29(26,27)24-9-11-28-12-10-24/h5-8,13-14,18H,9-12H2,1-4H3,(H,23,25)/t18-/m0/s1. The predicted octanol–water partition coefficient (Wildman–Crippen LogP) is 3.12. The van der Waals surface area contributed by atoms with Crippen molar-refractivity contribution in [2.75, 3.05) is 26.3 Å². The van der Waals surface area contributed by atoms with Crippen molar-refractivity contribution >= 4 is 15.9 Å². The second kappa shape index (κ2) is 8.65. The van der Waals surface area contributed by atoms with Crippen molar-refractivity contribution in [2.24, 2.45) is 0 Å². The van der Waals surface area contributed by atoms with E-state index in [1.165, 1.54) is 15.9 Å². The number of benzene rings is 2. The third-order valence-corrected chi connectivity index (χ3v) is 7.46. The lowest BCUT2D eigenvalue weighted by molar-refractivity contribution is 0.0730. The van der Waals surface area contributed by atoms with E-state index in [1.54, 1.807) is 19.1 Å². The number of carbonyl (C=O) groups is 1. The molecular weight excluding hydrogens is 388 g/mol. The van der Waals surface area contributed by atoms with E-state index >= 15 is 0 Å². The molecule has 2 aromatic rings. The highest BCUT2D eigenvalue weighted by molar-refractivity contribution is 7.89. The summed E-state index contributed by atoms with van der Waals surface area (Å²) in [7, 11) is -3.67. The number of carbonyl (C=O) groups excluding carboxylic acids is 1. The average molecular weight is 417 g/mol. The second-order valence-corrected chi connectivity index (χ2v) is 9.44. The van der Waals surface area contributed by atoms with E-state index in [-0.39, 0.29) is 16.8 Å². The molecular formula is C22H28N2O4S. The van der Waals surface area contributed by atoms with Crippen LogP contribution in [0.4, 0.5) is 0 Å². The number of hydrogen-bond donors (Lipinski definition) is 1. The number of rotatable bonds is 5. The molecule has 1 heterocycles. The van der Waals surface area contributed by atoms with Gasteiger partial charge in [-0.3, -0.25) is 4.79 Å². The number of sulfonamides is 1. The first-order chi connectivity index (χ1) is 13.7. The topological polar surface area (TPSA) is 75.7 Å². The van der Waals surface area contributed by atoms with Crippen LogP contribution in [0.2, 0.25) is 0 Å². The Morgan fingerprint density at radius 3 is 2.31 bits per heavy atom. The maximum absolute atomic E-state index is 13.0. The molecule has 1 fully saturated rings. The Morgan fingerprint density at radius 1 is 1.00 bits per heavy atom. The number of aryl methyl sites for hydroxylation is 3. The van der Waals surface area contributed by atoms with Crippen LogP contribution >= 0.6 is 0 Å². The molecule has 3 rings (SSSR count). The molecule has 0 unspecified atom stereocenters. The SMILES string of the molecule is Cc1ccc([C@H](C)NC(=O)c2ccc(C)c(S(=O)(=O)N3CCOCC3)c2)cc1C. The Labute approximate surface area is 172 Å². The van der Waals surface area contributed by atoms with Crippen LogP contribution in [0.3, 0.4) is 0 Å². The molecule has 1 atom stereocenters. The van der Waals surface area contributed by atoms with Crippen molar-refractivity contribution < 1.29 is 17.9 Å². The van der Waals surface area contributed by atoms with E-state index < -0.39 is 10.0 Å². The van der Waals surface area contributed by atoms with E-state index in [2.05, 4.69) is 11.4 Å². The number of ether oxygens (including phenoxy) is 1. The molecule has 0 bridgehead atoms. The molecule has 0 saturated carbocycles. The van der Waals surface area contributed by atoms with Crippen LogP contribution in [-0.4, -0.2) is 44.9 Å². The first-order valence-electron chi connectivity index (χ1n) is 9.76. The van der Waals surface area contributed by atoms with Gasteiger partial charge in [0, 0.05) is 18.7 Å². The summed E-state index contributed by atoms with van der Waals surface area (Å²) >= 11 is 0. The van der Waals surface area contributed by atoms with Gasteiger partial charge in [0.25, 0.3) is 5.91 Å². The van der Waals surface area contributed by atoms with Crippen molar-refractivity contribution in [1.82, 2.24) is 9.62 Å². The highest BCUT2D eigenvalue weighted by Crippen LogP contribution is 2.23. The quantitative estimate of drug-likeness (QED) is 0.813. The maximum atomic E-state index is 13.0. The van der Waals surface area contributed by atoms with Crippen LogP contribution in [0, 0.1) is 20.8 Å². The van der Waals surface area contributed by atoms with Crippen molar-refractivity contribution in [3.63, 3.8) is 0 Å². The molecule has 156 valence electrons. The van der Waals surface area contributed by atoms with Gasteiger partial charge in [0.15, 0.2) is 0 Å². The second-order valence-electron chi connectivity index (χ2n) is 7.54. The van der Waals surface area contributed by atoms with E-state index in [1.807, 2.05) is 32.9 Å². The Bertz CT molecular complexity index is 1010. The molecule has 0 aliphatic carbocycles. The van der Waals surface area contributed by atoms with Crippen molar-refractivity contribution in [2.45, 2.75) is 38.6 Å². The van der Waals surface area contributed by atoms with Crippen LogP contribution in [0.15, 0.2) is 41.3 Å². The molecule has 7 heteroatoms. The van der Waals surface area contributed by atoms with Gasteiger partial charge in [-0.05, 0) is 62.1 Å². The lowest BCUT2D eigenvalue weighted by Gasteiger charge is -2.27. The lowest BCUT2D eigenvalue weighted by Crippen LogP contribution is -2.41. The van der Waals surface area contributed by atoms with Gasteiger partial charge in [0.05, 0.1) is 24.2 Å². The summed E-state index contributed by atoms with van der Waals surface area (Å²) in [6, 6.07) is 10.7. The molecule has 1 aliphatic rings. The number of amides is 1. The summed E-state index contributed by atoms with van der Waals surface area (Å²) in [4.78, 5) is 13.0. The van der Waals surface area contributed by atoms with Crippen LogP contribution < -0.4 is 5.32 Å². The molecule has 1 amide bonds. The minimum Gasteiger partial charge on any atom is -0.379 e. The van der Waals surface area contributed by atoms with Gasteiger partial charge in [-0.1, -0.05) is 24.3 Å². The molecule has 1 saturated heterocycles. The molecule has 1 aliphatic heterocycles. The largest absolute Gasteiger partial charge is 0.379 e. The van der Waals surface area contributed by atoms with E-state index in [9.17, 15) is 13.2 Å². The summed E-state index contributed by atoms with van der Waals surface area (Å²) in [6.45, 7) is 9.15. The maximum Gasteiger partial charge on any atom is 0.251 e. The molecule has 0 radical (unpaired) electrons.